The summed E-state index contributed by atoms with van der Waals surface area (Å²) in [6.07, 6.45) is 5.06. The lowest BCUT2D eigenvalue weighted by Gasteiger charge is -2.18. The highest BCUT2D eigenvalue weighted by molar-refractivity contribution is 9.10. The number of ether oxygens (including phenoxy) is 1. The average molecular weight is 234 g/mol. The quantitative estimate of drug-likeness (QED) is 0.317. The van der Waals surface area contributed by atoms with E-state index in [0.29, 0.717) is 5.76 Å². The van der Waals surface area contributed by atoms with Crippen molar-refractivity contribution in [2.24, 2.45) is 0 Å². The summed E-state index contributed by atoms with van der Waals surface area (Å²) in [5.74, 6) is 0.603. The van der Waals surface area contributed by atoms with Crippen LogP contribution in [0.3, 0.4) is 0 Å². The molecule has 1 aliphatic carbocycles. The highest BCUT2D eigenvalue weighted by Crippen LogP contribution is 2.31. The molecule has 0 fully saturated rings. The van der Waals surface area contributed by atoms with Gasteiger partial charge in [0, 0.05) is 26.9 Å². The fourth-order valence-electron chi connectivity index (χ4n) is 0.931. The Morgan fingerprint density at radius 2 is 2.50 bits per heavy atom. The molecule has 1 unspecified atom stereocenters. The van der Waals surface area contributed by atoms with E-state index < -0.39 is 4.45 Å². The monoisotopic (exact) mass is 233 g/mol. The van der Waals surface area contributed by atoms with E-state index in [4.69, 9.17) is 4.74 Å². The van der Waals surface area contributed by atoms with Crippen molar-refractivity contribution in [1.82, 2.24) is 0 Å². The molecule has 1 atom stereocenters. The molecule has 0 N–H and O–H groups in total. The van der Waals surface area contributed by atoms with E-state index in [1.807, 2.05) is 0 Å². The van der Waals surface area contributed by atoms with Crippen LogP contribution in [-0.2, 0) is 4.74 Å². The van der Waals surface area contributed by atoms with Crippen LogP contribution in [0.2, 0.25) is 0 Å². The van der Waals surface area contributed by atoms with Crippen LogP contribution in [0, 0.1) is 10.1 Å². The van der Waals surface area contributed by atoms with Crippen LogP contribution >= 0.6 is 15.9 Å². The Balaban J connectivity index is 2.82. The number of allylic oxidation sites excluding steroid dienone is 2. The molecule has 4 nitrogen and oxygen atoms in total. The molecule has 0 spiro atoms. The second kappa shape index (κ2) is 3.26. The highest BCUT2D eigenvalue weighted by atomic mass is 79.9. The smallest absolute Gasteiger partial charge is 0.300 e. The summed E-state index contributed by atoms with van der Waals surface area (Å²) >= 11 is 3.03. The van der Waals surface area contributed by atoms with Gasteiger partial charge in [0.25, 0.3) is 4.45 Å². The Hall–Kier alpha value is -0.840. The summed E-state index contributed by atoms with van der Waals surface area (Å²) < 4.78 is 3.72. The molecule has 12 heavy (non-hydrogen) atoms. The maximum absolute atomic E-state index is 10.6. The van der Waals surface area contributed by atoms with Gasteiger partial charge < -0.3 is 4.74 Å². The zero-order valence-electron chi connectivity index (χ0n) is 6.49. The van der Waals surface area contributed by atoms with Gasteiger partial charge in [0.2, 0.25) is 0 Å². The Bertz CT molecular complexity index is 261. The van der Waals surface area contributed by atoms with Crippen molar-refractivity contribution in [1.29, 1.82) is 0 Å². The van der Waals surface area contributed by atoms with Crippen molar-refractivity contribution >= 4 is 15.9 Å². The van der Waals surface area contributed by atoms with Gasteiger partial charge in [-0.15, -0.1) is 0 Å². The average Bonchev–Trinajstić information content (AvgIpc) is 2.04. The first-order valence-corrected chi connectivity index (χ1v) is 4.13. The molecule has 66 valence electrons. The van der Waals surface area contributed by atoms with Crippen LogP contribution in [0.25, 0.3) is 0 Å². The highest BCUT2D eigenvalue weighted by Gasteiger charge is 2.39. The lowest BCUT2D eigenvalue weighted by Crippen LogP contribution is -2.30. The number of methoxy groups -OCH3 is 1. The SMILES string of the molecule is COC1=CC=CC(Br)([N+](=O)[O-])C1. The summed E-state index contributed by atoms with van der Waals surface area (Å²) in [7, 11) is 1.50. The summed E-state index contributed by atoms with van der Waals surface area (Å²) in [4.78, 5) is 10.2. The molecule has 1 aliphatic rings. The largest absolute Gasteiger partial charge is 0.501 e. The number of nitrogens with zero attached hydrogens (tertiary/aromatic N) is 1. The fraction of sp³-hybridized carbons (Fsp3) is 0.429. The molecule has 0 radical (unpaired) electrons. The van der Waals surface area contributed by atoms with Crippen molar-refractivity contribution < 1.29 is 9.66 Å². The van der Waals surface area contributed by atoms with Crippen molar-refractivity contribution in [3.63, 3.8) is 0 Å². The number of halogens is 1. The van der Waals surface area contributed by atoms with E-state index >= 15 is 0 Å². The molecule has 5 heteroatoms. The van der Waals surface area contributed by atoms with Crippen LogP contribution in [0.15, 0.2) is 24.0 Å². The minimum Gasteiger partial charge on any atom is -0.501 e. The molecule has 0 heterocycles. The van der Waals surface area contributed by atoms with Gasteiger partial charge in [-0.3, -0.25) is 10.1 Å². The van der Waals surface area contributed by atoms with Gasteiger partial charge in [-0.2, -0.15) is 0 Å². The van der Waals surface area contributed by atoms with Crippen LogP contribution in [-0.4, -0.2) is 16.5 Å². The van der Waals surface area contributed by atoms with Crippen LogP contribution in [0.4, 0.5) is 0 Å². The zero-order chi connectivity index (χ0) is 9.19. The molecule has 0 amide bonds. The normalized spacial score (nSPS) is 28.0. The second-order valence-corrected chi connectivity index (χ2v) is 3.82. The van der Waals surface area contributed by atoms with Gasteiger partial charge in [0.1, 0.15) is 5.76 Å². The minimum absolute atomic E-state index is 0.243. The number of alkyl halides is 1. The third-order valence-electron chi connectivity index (χ3n) is 1.62. The van der Waals surface area contributed by atoms with Crippen molar-refractivity contribution in [3.05, 3.63) is 34.1 Å². The number of hydrogen-bond acceptors (Lipinski definition) is 3. The van der Waals surface area contributed by atoms with Crippen molar-refractivity contribution in [2.45, 2.75) is 10.9 Å². The predicted molar refractivity (Wildman–Crippen MR) is 47.5 cm³/mol. The first-order valence-electron chi connectivity index (χ1n) is 3.34. The van der Waals surface area contributed by atoms with Crippen molar-refractivity contribution in [2.75, 3.05) is 7.11 Å². The van der Waals surface area contributed by atoms with Crippen LogP contribution in [0.1, 0.15) is 6.42 Å². The first-order chi connectivity index (χ1) is 5.58. The maximum Gasteiger partial charge on any atom is 0.300 e. The van der Waals surface area contributed by atoms with Gasteiger partial charge in [0.05, 0.1) is 13.5 Å². The number of nitro groups is 1. The molecule has 0 aromatic carbocycles. The Morgan fingerprint density at radius 3 is 3.00 bits per heavy atom. The molecule has 0 aliphatic heterocycles. The van der Waals surface area contributed by atoms with E-state index in [-0.39, 0.29) is 11.3 Å². The molecule has 1 rings (SSSR count). The molecule has 0 bridgehead atoms. The predicted octanol–water partition coefficient (Wildman–Crippen LogP) is 1.84. The van der Waals surface area contributed by atoms with E-state index in [1.165, 1.54) is 13.2 Å². The van der Waals surface area contributed by atoms with Gasteiger partial charge in [0.15, 0.2) is 0 Å². The summed E-state index contributed by atoms with van der Waals surface area (Å²) in [6.45, 7) is 0. The Morgan fingerprint density at radius 1 is 1.83 bits per heavy atom. The van der Waals surface area contributed by atoms with Crippen LogP contribution in [0.5, 0.6) is 0 Å². The number of rotatable bonds is 2. The van der Waals surface area contributed by atoms with Gasteiger partial charge in [-0.05, 0) is 6.08 Å². The molecular weight excluding hydrogens is 226 g/mol. The van der Waals surface area contributed by atoms with Gasteiger partial charge in [-0.1, -0.05) is 6.08 Å². The third kappa shape index (κ3) is 1.66. The summed E-state index contributed by atoms with van der Waals surface area (Å²) in [5.41, 5.74) is 0. The van der Waals surface area contributed by atoms with Gasteiger partial charge in [-0.25, -0.2) is 0 Å². The fourth-order valence-corrected chi connectivity index (χ4v) is 1.36. The van der Waals surface area contributed by atoms with Gasteiger partial charge >= 0.3 is 0 Å². The lowest BCUT2D eigenvalue weighted by atomic mass is 10.1. The maximum atomic E-state index is 10.6. The summed E-state index contributed by atoms with van der Waals surface area (Å²) in [6, 6.07) is 0. The van der Waals surface area contributed by atoms with Crippen LogP contribution < -0.4 is 0 Å². The van der Waals surface area contributed by atoms with E-state index in [0.717, 1.165) is 0 Å². The topological polar surface area (TPSA) is 52.4 Å². The lowest BCUT2D eigenvalue weighted by molar-refractivity contribution is -0.522. The standard InChI is InChI=1S/C7H8BrNO3/c1-12-6-3-2-4-7(8,5-6)9(10)11/h2-4H,5H2,1H3. The third-order valence-corrected chi connectivity index (χ3v) is 2.46. The van der Waals surface area contributed by atoms with Crippen molar-refractivity contribution in [3.8, 4) is 0 Å². The zero-order valence-corrected chi connectivity index (χ0v) is 8.08. The molecule has 0 saturated carbocycles. The minimum atomic E-state index is -1.19. The molecule has 0 aromatic heterocycles. The second-order valence-electron chi connectivity index (χ2n) is 2.45. The molecule has 0 aromatic rings. The summed E-state index contributed by atoms with van der Waals surface area (Å²) in [5, 5.41) is 10.6. The number of hydrogen-bond donors (Lipinski definition) is 0. The Labute approximate surface area is 78.2 Å². The van der Waals surface area contributed by atoms with E-state index in [1.54, 1.807) is 12.2 Å². The molecular formula is C7H8BrNO3. The first kappa shape index (κ1) is 9.25. The van der Waals surface area contributed by atoms with E-state index in [9.17, 15) is 10.1 Å². The Kier molecular flexibility index (Phi) is 2.52. The van der Waals surface area contributed by atoms with E-state index in [2.05, 4.69) is 15.9 Å². The molecule has 0 saturated heterocycles.